The van der Waals surface area contributed by atoms with Crippen LogP contribution in [0.3, 0.4) is 0 Å². The van der Waals surface area contributed by atoms with Gasteiger partial charge in [-0.15, -0.1) is 0 Å². The third kappa shape index (κ3) is 4.21. The Morgan fingerprint density at radius 1 is 0.839 bits per heavy atom. The minimum atomic E-state index is -0.993. The van der Waals surface area contributed by atoms with Gasteiger partial charge in [-0.1, -0.05) is 103 Å². The van der Waals surface area contributed by atoms with Gasteiger partial charge in [-0.25, -0.2) is 0 Å². The molecule has 154 valence electrons. The lowest BCUT2D eigenvalue weighted by atomic mass is 9.90. The number of nitro groups is 1. The third-order valence-electron chi connectivity index (χ3n) is 5.63. The van der Waals surface area contributed by atoms with Crippen LogP contribution in [0, 0.1) is 16.0 Å². The summed E-state index contributed by atoms with van der Waals surface area (Å²) in [5, 5.41) is 11.9. The molecule has 5 heteroatoms. The molecule has 0 saturated heterocycles. The fourth-order valence-corrected chi connectivity index (χ4v) is 4.12. The smallest absolute Gasteiger partial charge is 0.239 e. The van der Waals surface area contributed by atoms with Gasteiger partial charge in [0.05, 0.1) is 11.6 Å². The normalized spacial score (nSPS) is 20.3. The maximum atomic E-state index is 13.3. The van der Waals surface area contributed by atoms with Gasteiger partial charge in [0, 0.05) is 28.0 Å². The number of nitrogens with zero attached hydrogens (tertiary/aromatic N) is 2. The highest BCUT2D eigenvalue weighted by Crippen LogP contribution is 2.37. The van der Waals surface area contributed by atoms with Crippen molar-refractivity contribution in [3.05, 3.63) is 130 Å². The Labute approximate surface area is 180 Å². The summed E-state index contributed by atoms with van der Waals surface area (Å²) >= 11 is 0. The lowest BCUT2D eigenvalue weighted by molar-refractivity contribution is -0.522. The molecule has 0 unspecified atom stereocenters. The lowest BCUT2D eigenvalue weighted by Crippen LogP contribution is -2.35. The van der Waals surface area contributed by atoms with Gasteiger partial charge in [-0.3, -0.25) is 19.9 Å². The maximum absolute atomic E-state index is 13.3. The van der Waals surface area contributed by atoms with E-state index in [9.17, 15) is 14.9 Å². The van der Waals surface area contributed by atoms with Crippen LogP contribution in [0.5, 0.6) is 0 Å². The fraction of sp³-hybridized carbons (Fsp3) is 0.154. The molecule has 3 aromatic carbocycles. The molecule has 1 saturated carbocycles. The second-order valence-electron chi connectivity index (χ2n) is 7.62. The SMILES string of the molecule is C=C1C[C@H]([N+](=O)[O-])[C@@H](N=C(c2ccccc2)c2ccccc2)[C@@H]1C(=O)c1ccccc1. The number of carbonyl (C=O) groups excluding carboxylic acids is 1. The minimum absolute atomic E-state index is 0.140. The zero-order valence-electron chi connectivity index (χ0n) is 16.9. The molecule has 1 fully saturated rings. The predicted molar refractivity (Wildman–Crippen MR) is 121 cm³/mol. The summed E-state index contributed by atoms with van der Waals surface area (Å²) in [6.45, 7) is 4.02. The van der Waals surface area contributed by atoms with Crippen LogP contribution in [0.4, 0.5) is 0 Å². The molecule has 0 aliphatic heterocycles. The van der Waals surface area contributed by atoms with E-state index in [4.69, 9.17) is 4.99 Å². The highest BCUT2D eigenvalue weighted by molar-refractivity contribution is 6.13. The highest BCUT2D eigenvalue weighted by Gasteiger charge is 2.49. The number of benzene rings is 3. The van der Waals surface area contributed by atoms with Gasteiger partial charge in [0.1, 0.15) is 6.04 Å². The average Bonchev–Trinajstić information content (AvgIpc) is 3.14. The summed E-state index contributed by atoms with van der Waals surface area (Å²) in [6, 6.07) is 26.1. The zero-order chi connectivity index (χ0) is 21.8. The quantitative estimate of drug-likeness (QED) is 0.189. The van der Waals surface area contributed by atoms with Gasteiger partial charge in [0.25, 0.3) is 0 Å². The lowest BCUT2D eigenvalue weighted by Gasteiger charge is -2.19. The van der Waals surface area contributed by atoms with Gasteiger partial charge in [-0.2, -0.15) is 0 Å². The molecule has 3 aromatic rings. The van der Waals surface area contributed by atoms with E-state index in [0.29, 0.717) is 16.8 Å². The Balaban J connectivity index is 1.84. The summed E-state index contributed by atoms with van der Waals surface area (Å²) in [5.41, 5.74) is 3.40. The molecule has 4 rings (SSSR count). The Morgan fingerprint density at radius 3 is 1.74 bits per heavy atom. The molecule has 1 aliphatic carbocycles. The van der Waals surface area contributed by atoms with Crippen molar-refractivity contribution in [3.63, 3.8) is 0 Å². The van der Waals surface area contributed by atoms with Crippen LogP contribution in [-0.2, 0) is 0 Å². The van der Waals surface area contributed by atoms with Crippen molar-refractivity contribution in [2.24, 2.45) is 10.9 Å². The molecule has 0 N–H and O–H groups in total. The zero-order valence-corrected chi connectivity index (χ0v) is 16.9. The van der Waals surface area contributed by atoms with Crippen LogP contribution >= 0.6 is 0 Å². The molecule has 0 aromatic heterocycles. The van der Waals surface area contributed by atoms with E-state index in [1.807, 2.05) is 66.7 Å². The van der Waals surface area contributed by atoms with Crippen molar-refractivity contribution in [2.45, 2.75) is 18.5 Å². The van der Waals surface area contributed by atoms with Crippen molar-refractivity contribution in [1.29, 1.82) is 0 Å². The van der Waals surface area contributed by atoms with Crippen molar-refractivity contribution in [2.75, 3.05) is 0 Å². The first-order valence-electron chi connectivity index (χ1n) is 10.2. The number of carbonyl (C=O) groups is 1. The summed E-state index contributed by atoms with van der Waals surface area (Å²) in [6.07, 6.45) is 0.140. The fourth-order valence-electron chi connectivity index (χ4n) is 4.12. The Hall–Kier alpha value is -3.86. The van der Waals surface area contributed by atoms with E-state index in [2.05, 4.69) is 6.58 Å². The molecule has 0 amide bonds. The monoisotopic (exact) mass is 410 g/mol. The minimum Gasteiger partial charge on any atom is -0.293 e. The first-order valence-corrected chi connectivity index (χ1v) is 10.2. The number of rotatable bonds is 6. The van der Waals surface area contributed by atoms with E-state index in [1.165, 1.54) is 0 Å². The molecule has 3 atom stereocenters. The van der Waals surface area contributed by atoms with E-state index in [-0.39, 0.29) is 17.1 Å². The standard InChI is InChI=1S/C26H22N2O3/c1-18-17-22(28(30)31)25(23(18)26(29)21-15-9-4-10-16-21)27-24(19-11-5-2-6-12-19)20-13-7-3-8-14-20/h2-16,22-23,25H,1,17H2/t22-,23+,25+/m0/s1. The highest BCUT2D eigenvalue weighted by atomic mass is 16.6. The summed E-state index contributed by atoms with van der Waals surface area (Å²) < 4.78 is 0. The van der Waals surface area contributed by atoms with E-state index >= 15 is 0 Å². The van der Waals surface area contributed by atoms with Crippen LogP contribution in [0.1, 0.15) is 27.9 Å². The second kappa shape index (κ2) is 8.88. The topological polar surface area (TPSA) is 72.6 Å². The van der Waals surface area contributed by atoms with Crippen molar-refractivity contribution < 1.29 is 9.72 Å². The molecule has 5 nitrogen and oxygen atoms in total. The average molecular weight is 410 g/mol. The van der Waals surface area contributed by atoms with Crippen LogP contribution < -0.4 is 0 Å². The molecule has 0 spiro atoms. The Kier molecular flexibility index (Phi) is 5.85. The maximum Gasteiger partial charge on any atom is 0.239 e. The Morgan fingerprint density at radius 2 is 1.29 bits per heavy atom. The molecular formula is C26H22N2O3. The van der Waals surface area contributed by atoms with Gasteiger partial charge >= 0.3 is 0 Å². The van der Waals surface area contributed by atoms with E-state index in [0.717, 1.165) is 11.1 Å². The summed E-state index contributed by atoms with van der Waals surface area (Å²) in [4.78, 5) is 29.8. The predicted octanol–water partition coefficient (Wildman–Crippen LogP) is 5.00. The first-order chi connectivity index (χ1) is 15.1. The summed E-state index contributed by atoms with van der Waals surface area (Å²) in [5.74, 6) is -0.913. The van der Waals surface area contributed by atoms with Gasteiger partial charge in [0.2, 0.25) is 6.04 Å². The molecule has 0 radical (unpaired) electrons. The Bertz CT molecular complexity index is 1080. The third-order valence-corrected chi connectivity index (χ3v) is 5.63. The molecule has 1 aliphatic rings. The number of hydrogen-bond donors (Lipinski definition) is 0. The van der Waals surface area contributed by atoms with E-state index < -0.39 is 18.0 Å². The second-order valence-corrected chi connectivity index (χ2v) is 7.62. The molecule has 0 bridgehead atoms. The van der Waals surface area contributed by atoms with Crippen LogP contribution in [0.15, 0.2) is 108 Å². The number of hydrogen-bond acceptors (Lipinski definition) is 4. The van der Waals surface area contributed by atoms with Gasteiger partial charge in [0.15, 0.2) is 5.78 Å². The van der Waals surface area contributed by atoms with Crippen molar-refractivity contribution >= 4 is 11.5 Å². The molecular weight excluding hydrogens is 388 g/mol. The van der Waals surface area contributed by atoms with Crippen LogP contribution in [-0.4, -0.2) is 28.5 Å². The number of aliphatic imine (C=N–C) groups is 1. The molecule has 0 heterocycles. The largest absolute Gasteiger partial charge is 0.293 e. The van der Waals surface area contributed by atoms with Crippen LogP contribution in [0.25, 0.3) is 0 Å². The van der Waals surface area contributed by atoms with Crippen molar-refractivity contribution in [3.8, 4) is 0 Å². The van der Waals surface area contributed by atoms with Gasteiger partial charge < -0.3 is 0 Å². The number of ketones is 1. The van der Waals surface area contributed by atoms with Gasteiger partial charge in [-0.05, 0) is 0 Å². The van der Waals surface area contributed by atoms with E-state index in [1.54, 1.807) is 24.3 Å². The molecule has 31 heavy (non-hydrogen) atoms. The van der Waals surface area contributed by atoms with Crippen molar-refractivity contribution in [1.82, 2.24) is 0 Å². The van der Waals surface area contributed by atoms with Crippen LogP contribution in [0.2, 0.25) is 0 Å². The number of Topliss-reactive ketones (excluding diaryl/α,β-unsaturated/α-hetero) is 1. The summed E-state index contributed by atoms with van der Waals surface area (Å²) in [7, 11) is 0. The first kappa shape index (κ1) is 20.4.